The van der Waals surface area contributed by atoms with Gasteiger partial charge in [-0.2, -0.15) is 0 Å². The molecule has 0 atom stereocenters. The van der Waals surface area contributed by atoms with E-state index in [0.717, 1.165) is 13.0 Å². The second kappa shape index (κ2) is 17.1. The summed E-state index contributed by atoms with van der Waals surface area (Å²) in [4.78, 5) is 0. The highest BCUT2D eigenvalue weighted by atomic mass is 16.5. The fourth-order valence-electron chi connectivity index (χ4n) is 0.402. The summed E-state index contributed by atoms with van der Waals surface area (Å²) >= 11 is 0. The summed E-state index contributed by atoms with van der Waals surface area (Å²) in [7, 11) is 1.55. The van der Waals surface area contributed by atoms with Crippen molar-refractivity contribution in [3.05, 3.63) is 0 Å². The van der Waals surface area contributed by atoms with E-state index >= 15 is 0 Å². The zero-order valence-electron chi connectivity index (χ0n) is 7.95. The van der Waals surface area contributed by atoms with Gasteiger partial charge in [-0.05, 0) is 6.42 Å². The molecule has 0 aromatic rings. The Hall–Kier alpha value is -0.160. The van der Waals surface area contributed by atoms with Gasteiger partial charge in [0.15, 0.2) is 0 Å². The predicted octanol–water partition coefficient (Wildman–Crippen LogP) is 0.0304. The van der Waals surface area contributed by atoms with Crippen LogP contribution in [0.25, 0.3) is 0 Å². The SMILES string of the molecule is CCCOCCO.COCCO. The summed E-state index contributed by atoms with van der Waals surface area (Å²) in [6, 6.07) is 0. The lowest BCUT2D eigenvalue weighted by Gasteiger charge is -1.94. The van der Waals surface area contributed by atoms with Gasteiger partial charge in [0.05, 0.1) is 26.4 Å². The molecule has 0 aromatic heterocycles. The van der Waals surface area contributed by atoms with Crippen LogP contribution in [0.15, 0.2) is 0 Å². The predicted molar refractivity (Wildman–Crippen MR) is 47.2 cm³/mol. The molecule has 2 N–H and O–H groups in total. The average molecular weight is 180 g/mol. The molecular weight excluding hydrogens is 160 g/mol. The molecule has 0 unspecified atom stereocenters. The zero-order valence-corrected chi connectivity index (χ0v) is 7.95. The molecule has 0 heterocycles. The normalized spacial score (nSPS) is 9.00. The van der Waals surface area contributed by atoms with Crippen LogP contribution in [-0.2, 0) is 9.47 Å². The highest BCUT2D eigenvalue weighted by molar-refractivity contribution is 4.24. The van der Waals surface area contributed by atoms with Crippen molar-refractivity contribution < 1.29 is 19.7 Å². The van der Waals surface area contributed by atoms with E-state index in [-0.39, 0.29) is 13.2 Å². The summed E-state index contributed by atoms with van der Waals surface area (Å²) in [6.07, 6.45) is 1.03. The van der Waals surface area contributed by atoms with Gasteiger partial charge in [0.25, 0.3) is 0 Å². The van der Waals surface area contributed by atoms with Gasteiger partial charge < -0.3 is 19.7 Å². The third kappa shape index (κ3) is 22.5. The van der Waals surface area contributed by atoms with E-state index in [4.69, 9.17) is 14.9 Å². The fraction of sp³-hybridized carbons (Fsp3) is 1.00. The smallest absolute Gasteiger partial charge is 0.0697 e. The van der Waals surface area contributed by atoms with Crippen LogP contribution in [0.1, 0.15) is 13.3 Å². The minimum absolute atomic E-state index is 0.122. The molecule has 76 valence electrons. The van der Waals surface area contributed by atoms with E-state index in [1.165, 1.54) is 0 Å². The Morgan fingerprint density at radius 3 is 1.83 bits per heavy atom. The lowest BCUT2D eigenvalue weighted by Crippen LogP contribution is -1.98. The van der Waals surface area contributed by atoms with Crippen molar-refractivity contribution in [2.75, 3.05) is 40.1 Å². The third-order valence-electron chi connectivity index (χ3n) is 0.879. The van der Waals surface area contributed by atoms with E-state index in [0.29, 0.717) is 13.2 Å². The van der Waals surface area contributed by atoms with Crippen LogP contribution in [0.2, 0.25) is 0 Å². The molecule has 0 aliphatic heterocycles. The largest absolute Gasteiger partial charge is 0.394 e. The van der Waals surface area contributed by atoms with Crippen LogP contribution in [-0.4, -0.2) is 50.4 Å². The number of ether oxygens (including phenoxy) is 2. The lowest BCUT2D eigenvalue weighted by molar-refractivity contribution is 0.0928. The van der Waals surface area contributed by atoms with Crippen LogP contribution in [0.4, 0.5) is 0 Å². The van der Waals surface area contributed by atoms with Crippen molar-refractivity contribution in [3.63, 3.8) is 0 Å². The first-order chi connectivity index (χ1) is 5.83. The van der Waals surface area contributed by atoms with Gasteiger partial charge in [0.1, 0.15) is 0 Å². The Kier molecular flexibility index (Phi) is 20.4. The maximum absolute atomic E-state index is 8.17. The average Bonchev–Trinajstić information content (AvgIpc) is 2.08. The Morgan fingerprint density at radius 1 is 1.00 bits per heavy atom. The van der Waals surface area contributed by atoms with E-state index in [9.17, 15) is 0 Å². The number of hydrogen-bond acceptors (Lipinski definition) is 4. The topological polar surface area (TPSA) is 58.9 Å². The molecule has 0 aliphatic rings. The minimum Gasteiger partial charge on any atom is -0.394 e. The molecule has 0 spiro atoms. The first-order valence-corrected chi connectivity index (χ1v) is 4.11. The molecule has 4 nitrogen and oxygen atoms in total. The van der Waals surface area contributed by atoms with Crippen molar-refractivity contribution in [1.29, 1.82) is 0 Å². The molecule has 0 saturated carbocycles. The van der Waals surface area contributed by atoms with Crippen LogP contribution >= 0.6 is 0 Å². The number of methoxy groups -OCH3 is 1. The molecule has 0 radical (unpaired) electrons. The van der Waals surface area contributed by atoms with Crippen molar-refractivity contribution in [2.24, 2.45) is 0 Å². The molecule has 0 bridgehead atoms. The highest BCUT2D eigenvalue weighted by Crippen LogP contribution is 1.76. The molecule has 0 saturated heterocycles. The van der Waals surface area contributed by atoms with Crippen LogP contribution < -0.4 is 0 Å². The van der Waals surface area contributed by atoms with Crippen LogP contribution in [0.5, 0.6) is 0 Å². The molecule has 0 fully saturated rings. The third-order valence-corrected chi connectivity index (χ3v) is 0.879. The summed E-state index contributed by atoms with van der Waals surface area (Å²) in [6.45, 7) is 3.99. The Balaban J connectivity index is 0. The lowest BCUT2D eigenvalue weighted by atomic mass is 10.5. The van der Waals surface area contributed by atoms with Crippen molar-refractivity contribution in [1.82, 2.24) is 0 Å². The van der Waals surface area contributed by atoms with Crippen molar-refractivity contribution >= 4 is 0 Å². The van der Waals surface area contributed by atoms with Gasteiger partial charge in [-0.1, -0.05) is 6.92 Å². The number of rotatable bonds is 6. The Labute approximate surface area is 74.1 Å². The van der Waals surface area contributed by atoms with Gasteiger partial charge >= 0.3 is 0 Å². The molecule has 0 amide bonds. The molecule has 4 heteroatoms. The van der Waals surface area contributed by atoms with E-state index in [2.05, 4.69) is 4.74 Å². The molecular formula is C8H20O4. The first kappa shape index (κ1) is 14.4. The monoisotopic (exact) mass is 180 g/mol. The first-order valence-electron chi connectivity index (χ1n) is 4.11. The van der Waals surface area contributed by atoms with Crippen LogP contribution in [0.3, 0.4) is 0 Å². The van der Waals surface area contributed by atoms with Crippen molar-refractivity contribution in [2.45, 2.75) is 13.3 Å². The van der Waals surface area contributed by atoms with E-state index < -0.39 is 0 Å². The van der Waals surface area contributed by atoms with E-state index in [1.54, 1.807) is 7.11 Å². The number of hydrogen-bond donors (Lipinski definition) is 2. The standard InChI is InChI=1S/C5H12O2.C3H8O2/c1-2-4-7-5-3-6;1-5-3-2-4/h6H,2-5H2,1H3;4H,2-3H2,1H3. The van der Waals surface area contributed by atoms with Gasteiger partial charge in [0.2, 0.25) is 0 Å². The van der Waals surface area contributed by atoms with Gasteiger partial charge in [0, 0.05) is 13.7 Å². The number of aliphatic hydroxyl groups is 2. The molecule has 0 rings (SSSR count). The quantitative estimate of drug-likeness (QED) is 0.566. The Bertz CT molecular complexity index is 53.0. The maximum atomic E-state index is 8.17. The fourth-order valence-corrected chi connectivity index (χ4v) is 0.402. The highest BCUT2D eigenvalue weighted by Gasteiger charge is 1.78. The van der Waals surface area contributed by atoms with E-state index in [1.807, 2.05) is 6.92 Å². The van der Waals surface area contributed by atoms with Gasteiger partial charge in [-0.15, -0.1) is 0 Å². The van der Waals surface area contributed by atoms with Gasteiger partial charge in [-0.3, -0.25) is 0 Å². The second-order valence-corrected chi connectivity index (χ2v) is 2.05. The maximum Gasteiger partial charge on any atom is 0.0697 e. The summed E-state index contributed by atoms with van der Waals surface area (Å²) in [5.74, 6) is 0. The number of aliphatic hydroxyl groups excluding tert-OH is 2. The summed E-state index contributed by atoms with van der Waals surface area (Å²) < 4.78 is 9.32. The zero-order chi connectivity index (χ0) is 9.66. The van der Waals surface area contributed by atoms with Crippen LogP contribution in [0, 0.1) is 0 Å². The Morgan fingerprint density at radius 2 is 1.58 bits per heavy atom. The minimum atomic E-state index is 0.122. The molecule has 0 aromatic carbocycles. The van der Waals surface area contributed by atoms with Gasteiger partial charge in [-0.25, -0.2) is 0 Å². The molecule has 12 heavy (non-hydrogen) atoms. The van der Waals surface area contributed by atoms with Crippen molar-refractivity contribution in [3.8, 4) is 0 Å². The summed E-state index contributed by atoms with van der Waals surface area (Å²) in [5, 5.41) is 16.1. The summed E-state index contributed by atoms with van der Waals surface area (Å²) in [5.41, 5.74) is 0. The molecule has 0 aliphatic carbocycles. The second-order valence-electron chi connectivity index (χ2n) is 2.05.